The van der Waals surface area contributed by atoms with E-state index >= 15 is 0 Å². The Morgan fingerprint density at radius 3 is 2.76 bits per heavy atom. The molecule has 2 amide bonds. The number of carbonyl (C=O) groups is 2. The zero-order valence-electron chi connectivity index (χ0n) is 14.5. The summed E-state index contributed by atoms with van der Waals surface area (Å²) in [6, 6.07) is 0.361. The number of aromatic nitrogens is 1. The molecule has 25 heavy (non-hydrogen) atoms. The Morgan fingerprint density at radius 2 is 2.00 bits per heavy atom. The van der Waals surface area contributed by atoms with E-state index in [2.05, 4.69) is 17.6 Å². The highest BCUT2D eigenvalue weighted by atomic mass is 32.1. The lowest BCUT2D eigenvalue weighted by atomic mass is 9.77. The van der Waals surface area contributed by atoms with Crippen molar-refractivity contribution >= 4 is 41.2 Å². The van der Waals surface area contributed by atoms with Gasteiger partial charge in [0.2, 0.25) is 5.91 Å². The van der Waals surface area contributed by atoms with Crippen LogP contribution in [0.4, 0.5) is 5.82 Å². The topological polar surface area (TPSA) is 63.1 Å². The average Bonchev–Trinajstić information content (AvgIpc) is 2.93. The molecule has 3 unspecified atom stereocenters. The van der Waals surface area contributed by atoms with Gasteiger partial charge in [-0.15, -0.1) is 0 Å². The van der Waals surface area contributed by atoms with Gasteiger partial charge in [0.15, 0.2) is 3.95 Å². The zero-order valence-corrected chi connectivity index (χ0v) is 16.2. The number of hydrogen-bond acceptors (Lipinski definition) is 4. The lowest BCUT2D eigenvalue weighted by molar-refractivity contribution is -0.123. The summed E-state index contributed by atoms with van der Waals surface area (Å²) in [6.07, 6.45) is 8.66. The number of thiazole rings is 1. The summed E-state index contributed by atoms with van der Waals surface area (Å²) in [5, 5.41) is 6.15. The number of hydrogen-bond donors (Lipinski definition) is 2. The Kier molecular flexibility index (Phi) is 4.71. The number of nitrogens with one attached hydrogen (secondary N) is 2. The maximum atomic E-state index is 12.8. The summed E-state index contributed by atoms with van der Waals surface area (Å²) in [7, 11) is 0. The highest BCUT2D eigenvalue weighted by molar-refractivity contribution is 7.73. The van der Waals surface area contributed by atoms with E-state index in [1.54, 1.807) is 0 Å². The number of rotatable bonds is 2. The monoisotopic (exact) mass is 379 g/mol. The molecular weight excluding hydrogens is 354 g/mol. The normalized spacial score (nSPS) is 29.5. The first-order valence-corrected chi connectivity index (χ1v) is 10.6. The molecule has 3 atom stereocenters. The van der Waals surface area contributed by atoms with E-state index < -0.39 is 0 Å². The molecular formula is C18H25N3O2S2. The van der Waals surface area contributed by atoms with Crippen molar-refractivity contribution in [1.29, 1.82) is 0 Å². The lowest BCUT2D eigenvalue weighted by Gasteiger charge is -2.39. The molecule has 2 fully saturated rings. The summed E-state index contributed by atoms with van der Waals surface area (Å²) < 4.78 is 2.75. The van der Waals surface area contributed by atoms with Gasteiger partial charge in [-0.05, 0) is 50.2 Å². The van der Waals surface area contributed by atoms with E-state index in [9.17, 15) is 9.59 Å². The number of carbonyl (C=O) groups excluding carboxylic acids is 2. The summed E-state index contributed by atoms with van der Waals surface area (Å²) in [5.41, 5.74) is 0. The summed E-state index contributed by atoms with van der Waals surface area (Å²) in [4.78, 5) is 26.0. The third kappa shape index (κ3) is 3.16. The van der Waals surface area contributed by atoms with Gasteiger partial charge in [-0.2, -0.15) is 0 Å². The fraction of sp³-hybridized carbons (Fsp3) is 0.722. The molecule has 2 saturated carbocycles. The van der Waals surface area contributed by atoms with Crippen LogP contribution in [0.1, 0.15) is 74.0 Å². The van der Waals surface area contributed by atoms with Gasteiger partial charge < -0.3 is 15.2 Å². The van der Waals surface area contributed by atoms with Gasteiger partial charge in [-0.3, -0.25) is 9.59 Å². The predicted molar refractivity (Wildman–Crippen MR) is 102 cm³/mol. The third-order valence-electron chi connectivity index (χ3n) is 5.97. The van der Waals surface area contributed by atoms with Gasteiger partial charge in [0.05, 0.1) is 5.92 Å². The van der Waals surface area contributed by atoms with Crippen molar-refractivity contribution in [3.63, 3.8) is 0 Å². The Balaban J connectivity index is 1.62. The highest BCUT2D eigenvalue weighted by Crippen LogP contribution is 2.44. The second kappa shape index (κ2) is 6.83. The lowest BCUT2D eigenvalue weighted by Crippen LogP contribution is -2.42. The summed E-state index contributed by atoms with van der Waals surface area (Å²) in [5.74, 6) is 1.14. The van der Waals surface area contributed by atoms with Crippen LogP contribution < -0.4 is 10.6 Å². The maximum Gasteiger partial charge on any atom is 0.265 e. The second-order valence-electron chi connectivity index (χ2n) is 7.81. The Bertz CT molecular complexity index is 748. The second-order valence-corrected chi connectivity index (χ2v) is 9.45. The number of anilines is 1. The Labute approximate surface area is 157 Å². The number of amides is 2. The maximum absolute atomic E-state index is 12.8. The van der Waals surface area contributed by atoms with Gasteiger partial charge in [0.25, 0.3) is 5.91 Å². The fourth-order valence-electron chi connectivity index (χ4n) is 4.62. The fourth-order valence-corrected chi connectivity index (χ4v) is 5.99. The van der Waals surface area contributed by atoms with Crippen LogP contribution in [-0.4, -0.2) is 22.4 Å². The van der Waals surface area contributed by atoms with Crippen molar-refractivity contribution in [3.8, 4) is 0 Å². The molecule has 1 aromatic heterocycles. The number of fused-ring (bicyclic) bond motifs is 3. The average molecular weight is 380 g/mol. The Hall–Kier alpha value is -1.21. The van der Waals surface area contributed by atoms with Crippen LogP contribution in [0.3, 0.4) is 0 Å². The van der Waals surface area contributed by atoms with E-state index in [1.807, 2.05) is 4.57 Å². The van der Waals surface area contributed by atoms with Gasteiger partial charge in [-0.1, -0.05) is 37.5 Å². The van der Waals surface area contributed by atoms with E-state index in [-0.39, 0.29) is 29.8 Å². The van der Waals surface area contributed by atoms with Crippen molar-refractivity contribution in [2.24, 2.45) is 11.8 Å². The molecule has 2 N–H and O–H groups in total. The van der Waals surface area contributed by atoms with Crippen LogP contribution in [0.25, 0.3) is 0 Å². The van der Waals surface area contributed by atoms with Crippen molar-refractivity contribution in [3.05, 3.63) is 8.83 Å². The smallest absolute Gasteiger partial charge is 0.265 e. The molecule has 3 aliphatic rings. The zero-order chi connectivity index (χ0) is 17.6. The molecule has 4 rings (SSSR count). The molecule has 0 spiro atoms. The van der Waals surface area contributed by atoms with E-state index in [0.717, 1.165) is 32.1 Å². The van der Waals surface area contributed by atoms with E-state index in [4.69, 9.17) is 12.2 Å². The van der Waals surface area contributed by atoms with Crippen LogP contribution in [0.15, 0.2) is 0 Å². The van der Waals surface area contributed by atoms with Crippen LogP contribution in [-0.2, 0) is 4.79 Å². The van der Waals surface area contributed by atoms with E-state index in [0.29, 0.717) is 20.6 Å². The summed E-state index contributed by atoms with van der Waals surface area (Å²) >= 11 is 6.91. The molecule has 5 nitrogen and oxygen atoms in total. The number of nitrogens with zero attached hydrogens (tertiary/aromatic N) is 1. The Morgan fingerprint density at radius 1 is 1.24 bits per heavy atom. The minimum absolute atomic E-state index is 0.0215. The van der Waals surface area contributed by atoms with Crippen LogP contribution in [0.5, 0.6) is 0 Å². The first-order valence-electron chi connectivity index (χ1n) is 9.41. The molecule has 0 saturated heterocycles. The largest absolute Gasteiger partial charge is 0.348 e. The van der Waals surface area contributed by atoms with E-state index in [1.165, 1.54) is 30.6 Å². The van der Waals surface area contributed by atoms with Crippen LogP contribution in [0.2, 0.25) is 0 Å². The van der Waals surface area contributed by atoms with Crippen molar-refractivity contribution < 1.29 is 9.59 Å². The van der Waals surface area contributed by atoms with Gasteiger partial charge in [0.1, 0.15) is 10.7 Å². The predicted octanol–water partition coefficient (Wildman–Crippen LogP) is 4.27. The van der Waals surface area contributed by atoms with Crippen LogP contribution >= 0.6 is 23.6 Å². The van der Waals surface area contributed by atoms with Gasteiger partial charge >= 0.3 is 0 Å². The molecule has 2 heterocycles. The van der Waals surface area contributed by atoms with Crippen LogP contribution in [0, 0.1) is 15.8 Å². The molecule has 1 aromatic rings. The minimum Gasteiger partial charge on any atom is -0.348 e. The quantitative estimate of drug-likeness (QED) is 0.754. The van der Waals surface area contributed by atoms with Gasteiger partial charge in [-0.25, -0.2) is 0 Å². The minimum atomic E-state index is -0.0836. The third-order valence-corrected chi connectivity index (χ3v) is 7.38. The summed E-state index contributed by atoms with van der Waals surface area (Å²) in [6.45, 7) is 2.20. The standard InChI is InChI=1S/C18H25N3O2S2/c1-10-7-8-13-12(9-10)16(22)20-15-14(25-18(24)21(13)15)17(23)19-11-5-3-2-4-6-11/h10-13H,2-9H2,1H3,(H,19,23)(H,20,22). The molecule has 0 radical (unpaired) electrons. The molecule has 1 aliphatic heterocycles. The SMILES string of the molecule is CC1CCC2C(C1)C(=O)Nc1c(C(=O)NC3CCCCC3)sc(=S)n12. The molecule has 136 valence electrons. The van der Waals surface area contributed by atoms with Crippen molar-refractivity contribution in [2.75, 3.05) is 5.32 Å². The highest BCUT2D eigenvalue weighted by Gasteiger charge is 2.41. The molecule has 2 aliphatic carbocycles. The molecule has 0 bridgehead atoms. The van der Waals surface area contributed by atoms with Crippen molar-refractivity contribution in [1.82, 2.24) is 9.88 Å². The first kappa shape index (κ1) is 17.2. The first-order chi connectivity index (χ1) is 12.0. The van der Waals surface area contributed by atoms with Gasteiger partial charge in [0, 0.05) is 12.1 Å². The van der Waals surface area contributed by atoms with Crippen molar-refractivity contribution in [2.45, 2.75) is 70.4 Å². The molecule has 0 aromatic carbocycles. The molecule has 7 heteroatoms.